The number of rotatable bonds is 7. The number of nitrogens with zero attached hydrogens (tertiary/aromatic N) is 1. The third-order valence-corrected chi connectivity index (χ3v) is 3.36. The van der Waals surface area contributed by atoms with Gasteiger partial charge in [-0.3, -0.25) is 0 Å². The second-order valence-electron chi connectivity index (χ2n) is 5.51. The van der Waals surface area contributed by atoms with Gasteiger partial charge in [-0.05, 0) is 31.7 Å². The first-order chi connectivity index (χ1) is 8.22. The minimum absolute atomic E-state index is 0.655. The Labute approximate surface area is 107 Å². The second kappa shape index (κ2) is 8.90. The van der Waals surface area contributed by atoms with Crippen LogP contribution in [0.1, 0.15) is 40.0 Å². The molecule has 1 atom stereocenters. The van der Waals surface area contributed by atoms with E-state index in [9.17, 15) is 0 Å². The Hall–Kier alpha value is -0.120. The van der Waals surface area contributed by atoms with Gasteiger partial charge >= 0.3 is 0 Å². The predicted molar refractivity (Wildman–Crippen MR) is 73.4 cm³/mol. The summed E-state index contributed by atoms with van der Waals surface area (Å²) in [6, 6.07) is 0.734. The molecule has 1 rings (SSSR count). The lowest BCUT2D eigenvalue weighted by Crippen LogP contribution is -2.30. The normalized spacial score (nSPS) is 22.9. The Morgan fingerprint density at radius 1 is 1.35 bits per heavy atom. The zero-order valence-corrected chi connectivity index (χ0v) is 11.9. The third-order valence-electron chi connectivity index (χ3n) is 3.36. The Balaban J connectivity index is 2.03. The molecule has 1 fully saturated rings. The maximum absolute atomic E-state index is 5.62. The number of hydrogen-bond donors (Lipinski definition) is 1. The van der Waals surface area contributed by atoms with Crippen LogP contribution in [0.15, 0.2) is 0 Å². The fourth-order valence-electron chi connectivity index (χ4n) is 2.26. The summed E-state index contributed by atoms with van der Waals surface area (Å²) in [5, 5.41) is 3.60. The molecule has 0 aliphatic carbocycles. The average Bonchev–Trinajstić information content (AvgIpc) is 2.53. The maximum Gasteiger partial charge on any atom is 0.0489 e. The minimum Gasteiger partial charge on any atom is -0.381 e. The molecule has 0 bridgehead atoms. The summed E-state index contributed by atoms with van der Waals surface area (Å²) in [6.07, 6.45) is 3.72. The van der Waals surface area contributed by atoms with Crippen molar-refractivity contribution in [2.75, 3.05) is 39.4 Å². The lowest BCUT2D eigenvalue weighted by molar-refractivity contribution is 0.0998. The Kier molecular flexibility index (Phi) is 7.82. The highest BCUT2D eigenvalue weighted by Crippen LogP contribution is 2.05. The van der Waals surface area contributed by atoms with Gasteiger partial charge in [0.05, 0.1) is 0 Å². The molecule has 1 N–H and O–H groups in total. The summed E-state index contributed by atoms with van der Waals surface area (Å²) in [7, 11) is 0. The van der Waals surface area contributed by atoms with E-state index in [-0.39, 0.29) is 0 Å². The second-order valence-corrected chi connectivity index (χ2v) is 5.51. The van der Waals surface area contributed by atoms with Crippen molar-refractivity contribution >= 4 is 0 Å². The van der Waals surface area contributed by atoms with Gasteiger partial charge in [0.15, 0.2) is 0 Å². The van der Waals surface area contributed by atoms with Crippen LogP contribution >= 0.6 is 0 Å². The van der Waals surface area contributed by atoms with Crippen LogP contribution in [0.2, 0.25) is 0 Å². The van der Waals surface area contributed by atoms with Crippen LogP contribution in [0.25, 0.3) is 0 Å². The number of nitrogens with one attached hydrogen (secondary N) is 1. The molecule has 0 saturated carbocycles. The van der Waals surface area contributed by atoms with E-state index in [1.54, 1.807) is 0 Å². The molecule has 1 aliphatic rings. The van der Waals surface area contributed by atoms with Gasteiger partial charge < -0.3 is 15.0 Å². The molecule has 1 heterocycles. The van der Waals surface area contributed by atoms with Gasteiger partial charge in [-0.2, -0.15) is 0 Å². The van der Waals surface area contributed by atoms with Crippen molar-refractivity contribution in [1.82, 2.24) is 10.2 Å². The van der Waals surface area contributed by atoms with E-state index in [2.05, 4.69) is 31.0 Å². The summed E-state index contributed by atoms with van der Waals surface area (Å²) in [5.74, 6) is 0.655. The first-order valence-corrected chi connectivity index (χ1v) is 7.25. The Bertz CT molecular complexity index is 185. The molecule has 0 aromatic heterocycles. The monoisotopic (exact) mass is 242 g/mol. The van der Waals surface area contributed by atoms with Crippen LogP contribution in [0.3, 0.4) is 0 Å². The maximum atomic E-state index is 5.62. The SMILES string of the molecule is CCC1CCN(CCCOCC(C)C)CCN1. The van der Waals surface area contributed by atoms with E-state index in [1.165, 1.54) is 38.9 Å². The van der Waals surface area contributed by atoms with Crippen LogP contribution in [0, 0.1) is 5.92 Å². The summed E-state index contributed by atoms with van der Waals surface area (Å²) in [5.41, 5.74) is 0. The van der Waals surface area contributed by atoms with Gasteiger partial charge in [-0.15, -0.1) is 0 Å². The van der Waals surface area contributed by atoms with Crippen molar-refractivity contribution < 1.29 is 4.74 Å². The molecular formula is C14H30N2O. The standard InChI is InChI=1S/C14H30N2O/c1-4-14-6-9-16(10-7-15-14)8-5-11-17-12-13(2)3/h13-15H,4-12H2,1-3H3. The summed E-state index contributed by atoms with van der Waals surface area (Å²) < 4.78 is 5.62. The van der Waals surface area contributed by atoms with Crippen molar-refractivity contribution in [3.63, 3.8) is 0 Å². The quantitative estimate of drug-likeness (QED) is 0.692. The summed E-state index contributed by atoms with van der Waals surface area (Å²) in [6.45, 7) is 13.3. The van der Waals surface area contributed by atoms with Crippen molar-refractivity contribution in [2.45, 2.75) is 46.1 Å². The Morgan fingerprint density at radius 2 is 2.18 bits per heavy atom. The van der Waals surface area contributed by atoms with Crippen LogP contribution in [0.5, 0.6) is 0 Å². The molecule has 3 nitrogen and oxygen atoms in total. The van der Waals surface area contributed by atoms with Gasteiger partial charge in [0.2, 0.25) is 0 Å². The average molecular weight is 242 g/mol. The molecule has 0 amide bonds. The number of ether oxygens (including phenoxy) is 1. The fraction of sp³-hybridized carbons (Fsp3) is 1.00. The first-order valence-electron chi connectivity index (χ1n) is 7.25. The highest BCUT2D eigenvalue weighted by molar-refractivity contribution is 4.73. The van der Waals surface area contributed by atoms with Crippen LogP contribution < -0.4 is 5.32 Å². The first kappa shape index (κ1) is 14.9. The van der Waals surface area contributed by atoms with E-state index in [0.717, 1.165) is 25.8 Å². The zero-order valence-electron chi connectivity index (χ0n) is 11.9. The van der Waals surface area contributed by atoms with Crippen LogP contribution in [0.4, 0.5) is 0 Å². The van der Waals surface area contributed by atoms with E-state index in [1.807, 2.05) is 0 Å². The smallest absolute Gasteiger partial charge is 0.0489 e. The van der Waals surface area contributed by atoms with E-state index < -0.39 is 0 Å². The van der Waals surface area contributed by atoms with Gasteiger partial charge in [0.25, 0.3) is 0 Å². The lowest BCUT2D eigenvalue weighted by Gasteiger charge is -2.19. The molecule has 1 saturated heterocycles. The molecule has 102 valence electrons. The highest BCUT2D eigenvalue weighted by Gasteiger charge is 2.14. The van der Waals surface area contributed by atoms with E-state index in [4.69, 9.17) is 4.74 Å². The molecule has 1 aliphatic heterocycles. The van der Waals surface area contributed by atoms with E-state index in [0.29, 0.717) is 5.92 Å². The summed E-state index contributed by atoms with van der Waals surface area (Å²) in [4.78, 5) is 2.57. The largest absolute Gasteiger partial charge is 0.381 e. The molecule has 0 spiro atoms. The molecule has 0 aromatic rings. The highest BCUT2D eigenvalue weighted by atomic mass is 16.5. The molecule has 17 heavy (non-hydrogen) atoms. The Morgan fingerprint density at radius 3 is 2.88 bits per heavy atom. The molecule has 3 heteroatoms. The van der Waals surface area contributed by atoms with Crippen molar-refractivity contribution in [2.24, 2.45) is 5.92 Å². The third kappa shape index (κ3) is 7.02. The molecule has 1 unspecified atom stereocenters. The van der Waals surface area contributed by atoms with Gasteiger partial charge in [0, 0.05) is 38.9 Å². The van der Waals surface area contributed by atoms with Crippen molar-refractivity contribution in [3.05, 3.63) is 0 Å². The topological polar surface area (TPSA) is 24.5 Å². The predicted octanol–water partition coefficient (Wildman–Crippen LogP) is 2.12. The zero-order chi connectivity index (χ0) is 12.5. The van der Waals surface area contributed by atoms with Gasteiger partial charge in [-0.25, -0.2) is 0 Å². The number of hydrogen-bond acceptors (Lipinski definition) is 3. The fourth-order valence-corrected chi connectivity index (χ4v) is 2.26. The van der Waals surface area contributed by atoms with Crippen molar-refractivity contribution in [3.8, 4) is 0 Å². The molecular weight excluding hydrogens is 212 g/mol. The van der Waals surface area contributed by atoms with Gasteiger partial charge in [0.1, 0.15) is 0 Å². The van der Waals surface area contributed by atoms with Crippen molar-refractivity contribution in [1.29, 1.82) is 0 Å². The molecule has 0 radical (unpaired) electrons. The lowest BCUT2D eigenvalue weighted by atomic mass is 10.1. The minimum atomic E-state index is 0.655. The van der Waals surface area contributed by atoms with E-state index >= 15 is 0 Å². The van der Waals surface area contributed by atoms with Crippen LogP contribution in [-0.4, -0.2) is 50.3 Å². The van der Waals surface area contributed by atoms with Crippen LogP contribution in [-0.2, 0) is 4.74 Å². The van der Waals surface area contributed by atoms with Gasteiger partial charge in [-0.1, -0.05) is 20.8 Å². The summed E-state index contributed by atoms with van der Waals surface area (Å²) >= 11 is 0. The molecule has 0 aromatic carbocycles.